The van der Waals surface area contributed by atoms with E-state index >= 15 is 0 Å². The van der Waals surface area contributed by atoms with Gasteiger partial charge in [0.1, 0.15) is 18.6 Å². The zero-order valence-corrected chi connectivity index (χ0v) is 17.5. The molecule has 0 aliphatic heterocycles. The van der Waals surface area contributed by atoms with E-state index in [1.54, 1.807) is 0 Å². The Bertz CT molecular complexity index is 627. The number of carbonyl (C=O) groups excluding carboxylic acids is 3. The summed E-state index contributed by atoms with van der Waals surface area (Å²) in [5.41, 5.74) is -1.55. The van der Waals surface area contributed by atoms with Gasteiger partial charge in [0.2, 0.25) is 5.94 Å². The summed E-state index contributed by atoms with van der Waals surface area (Å²) in [4.78, 5) is 34.9. The second kappa shape index (κ2) is 10.7. The monoisotopic (exact) mass is 388 g/mol. The first-order valence-corrected chi connectivity index (χ1v) is 8.17. The molecule has 0 aromatic rings. The quantitative estimate of drug-likeness (QED) is 0.153. The molecule has 0 rings (SSSR count). The van der Waals surface area contributed by atoms with Crippen molar-refractivity contribution >= 4 is 28.0 Å². The molecule has 0 amide bonds. The van der Waals surface area contributed by atoms with Crippen molar-refractivity contribution in [2.75, 3.05) is 19.2 Å². The van der Waals surface area contributed by atoms with Crippen LogP contribution in [0, 0.1) is 5.41 Å². The number of carbonyl (C=O) groups is 3. The van der Waals surface area contributed by atoms with Crippen LogP contribution in [0.3, 0.4) is 0 Å². The Hall–Kier alpha value is -1.20. The van der Waals surface area contributed by atoms with Gasteiger partial charge in [-0.05, 0) is 20.8 Å². The zero-order valence-electron chi connectivity index (χ0n) is 15.7. The smallest absolute Gasteiger partial charge is 1.00 e. The third-order valence-corrected chi connectivity index (χ3v) is 2.99. The van der Waals surface area contributed by atoms with Crippen LogP contribution in [0.15, 0.2) is 24.3 Å². The summed E-state index contributed by atoms with van der Waals surface area (Å²) >= 11 is 0. The van der Waals surface area contributed by atoms with Crippen LogP contribution in [0.2, 0.25) is 0 Å². The van der Waals surface area contributed by atoms with Crippen molar-refractivity contribution in [1.82, 2.24) is 0 Å². The minimum atomic E-state index is -4.56. The van der Waals surface area contributed by atoms with Gasteiger partial charge in [0.15, 0.2) is 0 Å². The molecule has 0 saturated carbocycles. The van der Waals surface area contributed by atoms with E-state index in [0.717, 1.165) is 0 Å². The van der Waals surface area contributed by atoms with Gasteiger partial charge < -0.3 is 15.6 Å². The van der Waals surface area contributed by atoms with E-state index in [4.69, 9.17) is 14.0 Å². The molecule has 0 aromatic carbocycles. The van der Waals surface area contributed by atoms with Gasteiger partial charge >= 0.3 is 57.6 Å². The fourth-order valence-electron chi connectivity index (χ4n) is 1.16. The Morgan fingerprint density at radius 2 is 1.36 bits per heavy atom. The number of rotatable bonds is 9. The van der Waals surface area contributed by atoms with Crippen molar-refractivity contribution in [2.24, 2.45) is 5.41 Å². The third-order valence-electron chi connectivity index (χ3n) is 2.57. The molecule has 0 radical (unpaired) electrons. The molecular formula is C14H21NaO9S. The van der Waals surface area contributed by atoms with Gasteiger partial charge in [-0.15, -0.1) is 0 Å². The first kappa shape index (κ1) is 26.0. The first-order chi connectivity index (χ1) is 10.8. The maximum absolute atomic E-state index is 12.1. The van der Waals surface area contributed by atoms with Crippen molar-refractivity contribution < 1.29 is 72.5 Å². The van der Waals surface area contributed by atoms with Gasteiger partial charge in [0.05, 0.1) is 0 Å². The molecule has 25 heavy (non-hydrogen) atoms. The largest absolute Gasteiger partial charge is 1.00 e. The zero-order chi connectivity index (χ0) is 19.1. The van der Waals surface area contributed by atoms with E-state index in [9.17, 15) is 22.8 Å². The molecule has 0 fully saturated rings. The maximum atomic E-state index is 12.1. The van der Waals surface area contributed by atoms with Gasteiger partial charge in [-0.2, -0.15) is 8.42 Å². The third kappa shape index (κ3) is 10.4. The fourth-order valence-corrected chi connectivity index (χ4v) is 1.41. The Labute approximate surface area is 169 Å². The molecule has 0 atom stereocenters. The van der Waals surface area contributed by atoms with Crippen LogP contribution in [0.4, 0.5) is 0 Å². The van der Waals surface area contributed by atoms with Crippen molar-refractivity contribution in [2.45, 2.75) is 20.8 Å². The van der Waals surface area contributed by atoms with Crippen LogP contribution in [-0.2, 0) is 38.7 Å². The molecule has 0 aliphatic carbocycles. The van der Waals surface area contributed by atoms with Crippen LogP contribution in [0.25, 0.3) is 0 Å². The second-order valence-electron chi connectivity index (χ2n) is 5.41. The first-order valence-electron chi connectivity index (χ1n) is 6.56. The fraction of sp³-hybridized carbons (Fsp3) is 0.500. The minimum Gasteiger partial charge on any atom is -1.00 e. The molecule has 0 spiro atoms. The van der Waals surface area contributed by atoms with E-state index in [1.165, 1.54) is 20.8 Å². The van der Waals surface area contributed by atoms with E-state index in [0.29, 0.717) is 0 Å². The van der Waals surface area contributed by atoms with E-state index < -0.39 is 52.6 Å². The van der Waals surface area contributed by atoms with Crippen LogP contribution >= 0.6 is 0 Å². The van der Waals surface area contributed by atoms with Crippen LogP contribution in [0.5, 0.6) is 0 Å². The summed E-state index contributed by atoms with van der Waals surface area (Å²) in [6.45, 7) is 9.61. The SMILES string of the molecule is C=C(C)C(=O)OCC(C)(COC(=O)C(=C)C)C(=O)OCS(=O)(=O)O.[H-].[Na+]. The van der Waals surface area contributed by atoms with Gasteiger partial charge in [-0.3, -0.25) is 9.35 Å². The van der Waals surface area contributed by atoms with E-state index in [-0.39, 0.29) is 42.1 Å². The normalized spacial score (nSPS) is 10.9. The molecular weight excluding hydrogens is 367 g/mol. The predicted molar refractivity (Wildman–Crippen MR) is 83.3 cm³/mol. The Balaban J connectivity index is -0.00000264. The number of esters is 3. The predicted octanol–water partition coefficient (Wildman–Crippen LogP) is -2.26. The maximum Gasteiger partial charge on any atom is 1.00 e. The average Bonchev–Trinajstić information content (AvgIpc) is 2.46. The van der Waals surface area contributed by atoms with Crippen molar-refractivity contribution in [3.05, 3.63) is 24.3 Å². The topological polar surface area (TPSA) is 133 Å². The van der Waals surface area contributed by atoms with Gasteiger partial charge in [-0.1, -0.05) is 13.2 Å². The summed E-state index contributed by atoms with van der Waals surface area (Å²) < 4.78 is 44.1. The number of hydrogen-bond acceptors (Lipinski definition) is 8. The molecule has 0 saturated heterocycles. The number of ether oxygens (including phenoxy) is 3. The molecule has 0 aromatic heterocycles. The van der Waals surface area contributed by atoms with Gasteiger partial charge in [0, 0.05) is 11.1 Å². The molecule has 9 nitrogen and oxygen atoms in total. The molecule has 11 heteroatoms. The van der Waals surface area contributed by atoms with Crippen LogP contribution in [-0.4, -0.2) is 50.0 Å². The molecule has 138 valence electrons. The van der Waals surface area contributed by atoms with Gasteiger partial charge in [0.25, 0.3) is 0 Å². The second-order valence-corrected chi connectivity index (χ2v) is 6.80. The Morgan fingerprint density at radius 3 is 1.64 bits per heavy atom. The summed E-state index contributed by atoms with van der Waals surface area (Å²) in [6.07, 6.45) is 0. The number of hydrogen-bond donors (Lipinski definition) is 1. The average molecular weight is 388 g/mol. The Kier molecular flexibility index (Phi) is 11.2. The van der Waals surface area contributed by atoms with Crippen molar-refractivity contribution in [3.63, 3.8) is 0 Å². The van der Waals surface area contributed by atoms with Gasteiger partial charge in [-0.25, -0.2) is 9.59 Å². The summed E-state index contributed by atoms with van der Waals surface area (Å²) in [7, 11) is -4.56. The van der Waals surface area contributed by atoms with E-state index in [1.807, 2.05) is 0 Å². The van der Waals surface area contributed by atoms with Crippen LogP contribution < -0.4 is 29.6 Å². The molecule has 0 heterocycles. The summed E-state index contributed by atoms with van der Waals surface area (Å²) in [5.74, 6) is -4.03. The summed E-state index contributed by atoms with van der Waals surface area (Å²) in [5, 5.41) is 0. The summed E-state index contributed by atoms with van der Waals surface area (Å²) in [6, 6.07) is 0. The molecule has 0 unspecified atom stereocenters. The minimum absolute atomic E-state index is 0. The molecule has 0 bridgehead atoms. The van der Waals surface area contributed by atoms with Crippen molar-refractivity contribution in [1.29, 1.82) is 0 Å². The standard InChI is InChI=1S/C14H20O9S.Na.H/c1-9(2)11(15)21-6-14(5,7-22-12(16)10(3)4)13(17)23-8-24(18,19)20;;/h1,3,6-8H2,2,4-5H3,(H,18,19,20);;/q;+1;-1. The van der Waals surface area contributed by atoms with Crippen molar-refractivity contribution in [3.8, 4) is 0 Å². The molecule has 0 aliphatic rings. The molecule has 1 N–H and O–H groups in total. The van der Waals surface area contributed by atoms with Crippen LogP contribution in [0.1, 0.15) is 22.2 Å². The Morgan fingerprint density at radius 1 is 1.00 bits per heavy atom. The van der Waals surface area contributed by atoms with E-state index in [2.05, 4.69) is 17.9 Å².